The van der Waals surface area contributed by atoms with Gasteiger partial charge in [0.15, 0.2) is 5.60 Å². The van der Waals surface area contributed by atoms with Crippen LogP contribution in [0.5, 0.6) is 0 Å². The van der Waals surface area contributed by atoms with Crippen LogP contribution in [0.2, 0.25) is 0 Å². The zero-order chi connectivity index (χ0) is 24.7. The van der Waals surface area contributed by atoms with Gasteiger partial charge in [-0.2, -0.15) is 5.26 Å². The van der Waals surface area contributed by atoms with Gasteiger partial charge in [0.25, 0.3) is 11.8 Å². The summed E-state index contributed by atoms with van der Waals surface area (Å²) < 4.78 is 29.7. The number of carbonyl (C=O) groups is 3. The van der Waals surface area contributed by atoms with Crippen molar-refractivity contribution in [2.45, 2.75) is 68.7 Å². The number of fused-ring (bicyclic) bond motifs is 3. The molecule has 3 amide bonds. The van der Waals surface area contributed by atoms with Crippen LogP contribution in [0.15, 0.2) is 30.3 Å². The maximum atomic E-state index is 14.9. The Balaban J connectivity index is 1.60. The number of hydrogen-bond acceptors (Lipinski definition) is 5. The van der Waals surface area contributed by atoms with Gasteiger partial charge in [-0.15, -0.1) is 0 Å². The third kappa shape index (κ3) is 4.25. The van der Waals surface area contributed by atoms with Gasteiger partial charge in [-0.3, -0.25) is 14.4 Å². The number of nitrogens with one attached hydrogen (secondary N) is 2. The van der Waals surface area contributed by atoms with Crippen molar-refractivity contribution in [3.63, 3.8) is 0 Å². The van der Waals surface area contributed by atoms with E-state index in [2.05, 4.69) is 10.6 Å². The molecule has 0 aromatic heterocycles. The van der Waals surface area contributed by atoms with E-state index in [0.717, 1.165) is 4.90 Å². The standard InChI is InChI=1S/C24H28F2N4O4/c1-23(34,15-5-3-2-4-6-15)22(33)30-17-7-8-18(24(25,26)12-17)19(30)21(32)29-16(13-27)11-14-9-10-28-20(14)31/h2-6,14,16-19,34H,7-12H2,1H3,(H,28,31)(H,29,32)/t14-,16-,17-,18-,19+,23+/m1/s1. The van der Waals surface area contributed by atoms with Gasteiger partial charge in [0.2, 0.25) is 11.8 Å². The van der Waals surface area contributed by atoms with E-state index >= 15 is 0 Å². The lowest BCUT2D eigenvalue weighted by Gasteiger charge is -2.54. The van der Waals surface area contributed by atoms with Crippen LogP contribution in [0.4, 0.5) is 8.78 Å². The summed E-state index contributed by atoms with van der Waals surface area (Å²) >= 11 is 0. The molecule has 6 atom stereocenters. The fourth-order valence-corrected chi connectivity index (χ4v) is 5.49. The largest absolute Gasteiger partial charge is 0.376 e. The highest BCUT2D eigenvalue weighted by Gasteiger charge is 2.62. The van der Waals surface area contributed by atoms with E-state index in [9.17, 15) is 33.5 Å². The SMILES string of the molecule is C[C@@](O)(C(=O)N1[C@@H]2CC[C@H]([C@H]1C(=O)N[C@@H](C#N)C[C@H]1CCNC1=O)C(F)(F)C2)c1ccccc1. The molecule has 10 heteroatoms. The molecule has 3 saturated heterocycles. The van der Waals surface area contributed by atoms with E-state index in [0.29, 0.717) is 19.4 Å². The quantitative estimate of drug-likeness (QED) is 0.576. The monoisotopic (exact) mass is 474 g/mol. The zero-order valence-electron chi connectivity index (χ0n) is 18.8. The summed E-state index contributed by atoms with van der Waals surface area (Å²) in [6.45, 7) is 1.77. The second-order valence-corrected chi connectivity index (χ2v) is 9.60. The van der Waals surface area contributed by atoms with E-state index in [1.54, 1.807) is 30.3 Å². The Hall–Kier alpha value is -3.06. The Morgan fingerprint density at radius 1 is 1.32 bits per heavy atom. The van der Waals surface area contributed by atoms with Crippen LogP contribution in [-0.4, -0.2) is 58.3 Å². The van der Waals surface area contributed by atoms with Crippen molar-refractivity contribution in [2.75, 3.05) is 6.54 Å². The number of halogens is 2. The summed E-state index contributed by atoms with van der Waals surface area (Å²) in [7, 11) is 0. The summed E-state index contributed by atoms with van der Waals surface area (Å²) in [5, 5.41) is 25.8. The third-order valence-electron chi connectivity index (χ3n) is 7.35. The van der Waals surface area contributed by atoms with Crippen molar-refractivity contribution in [1.82, 2.24) is 15.5 Å². The second kappa shape index (κ2) is 8.95. The number of alkyl halides is 2. The molecule has 2 bridgehead atoms. The molecule has 3 N–H and O–H groups in total. The number of hydrogen-bond donors (Lipinski definition) is 3. The predicted molar refractivity (Wildman–Crippen MR) is 116 cm³/mol. The lowest BCUT2D eigenvalue weighted by Crippen LogP contribution is -2.70. The van der Waals surface area contributed by atoms with Crippen LogP contribution >= 0.6 is 0 Å². The van der Waals surface area contributed by atoms with Crippen LogP contribution < -0.4 is 10.6 Å². The highest BCUT2D eigenvalue weighted by Crippen LogP contribution is 2.50. The van der Waals surface area contributed by atoms with Gasteiger partial charge in [0, 0.05) is 24.9 Å². The number of amides is 3. The van der Waals surface area contributed by atoms with Gasteiger partial charge in [0.1, 0.15) is 12.1 Å². The molecule has 5 rings (SSSR count). The van der Waals surface area contributed by atoms with Gasteiger partial charge in [0.05, 0.1) is 12.0 Å². The predicted octanol–water partition coefficient (Wildman–Crippen LogP) is 1.44. The molecule has 3 heterocycles. The Morgan fingerprint density at radius 2 is 2.03 bits per heavy atom. The van der Waals surface area contributed by atoms with E-state index in [-0.39, 0.29) is 24.3 Å². The van der Waals surface area contributed by atoms with E-state index < -0.39 is 59.7 Å². The molecular formula is C24H28F2N4O4. The molecule has 1 aromatic carbocycles. The first-order chi connectivity index (χ1) is 16.1. The van der Waals surface area contributed by atoms with Crippen molar-refractivity contribution < 1.29 is 28.3 Å². The first-order valence-electron chi connectivity index (χ1n) is 11.5. The number of nitriles is 1. The van der Waals surface area contributed by atoms with Crippen LogP contribution in [0, 0.1) is 23.2 Å². The maximum absolute atomic E-state index is 14.9. The van der Waals surface area contributed by atoms with Crippen molar-refractivity contribution in [3.8, 4) is 6.07 Å². The molecule has 4 fully saturated rings. The minimum Gasteiger partial charge on any atom is -0.376 e. The molecule has 8 nitrogen and oxygen atoms in total. The smallest absolute Gasteiger partial charge is 0.259 e. The van der Waals surface area contributed by atoms with Gasteiger partial charge in [-0.25, -0.2) is 8.78 Å². The topological polar surface area (TPSA) is 123 Å². The first-order valence-corrected chi connectivity index (χ1v) is 11.5. The average molecular weight is 475 g/mol. The van der Waals surface area contributed by atoms with Crippen LogP contribution in [0.3, 0.4) is 0 Å². The summed E-state index contributed by atoms with van der Waals surface area (Å²) in [5.74, 6) is -6.95. The summed E-state index contributed by atoms with van der Waals surface area (Å²) in [6, 6.07) is 6.55. The Morgan fingerprint density at radius 3 is 2.62 bits per heavy atom. The van der Waals surface area contributed by atoms with Crippen LogP contribution in [0.1, 0.15) is 44.6 Å². The molecule has 1 aromatic rings. The second-order valence-electron chi connectivity index (χ2n) is 9.60. The number of benzene rings is 1. The number of carbonyl (C=O) groups excluding carboxylic acids is 3. The summed E-state index contributed by atoms with van der Waals surface area (Å²) in [4.78, 5) is 39.8. The molecule has 34 heavy (non-hydrogen) atoms. The maximum Gasteiger partial charge on any atom is 0.259 e. The Bertz CT molecular complexity index is 1010. The highest BCUT2D eigenvalue weighted by atomic mass is 19.3. The van der Waals surface area contributed by atoms with Crippen molar-refractivity contribution in [2.24, 2.45) is 11.8 Å². The number of rotatable bonds is 6. The van der Waals surface area contributed by atoms with Crippen molar-refractivity contribution in [1.29, 1.82) is 5.26 Å². The number of piperidine rings is 2. The van der Waals surface area contributed by atoms with E-state index in [4.69, 9.17) is 0 Å². The number of aliphatic hydroxyl groups is 1. The first kappa shape index (κ1) is 24.1. The Labute approximate surface area is 196 Å². The molecule has 1 saturated carbocycles. The zero-order valence-corrected chi connectivity index (χ0v) is 18.8. The number of nitrogens with zero attached hydrogens (tertiary/aromatic N) is 2. The highest BCUT2D eigenvalue weighted by molar-refractivity contribution is 5.93. The molecule has 1 aliphatic carbocycles. The Kier molecular flexibility index (Phi) is 6.34. The lowest BCUT2D eigenvalue weighted by molar-refractivity contribution is -0.203. The molecule has 182 valence electrons. The minimum absolute atomic E-state index is 0.0509. The average Bonchev–Trinajstić information content (AvgIpc) is 3.21. The fourth-order valence-electron chi connectivity index (χ4n) is 5.49. The van der Waals surface area contributed by atoms with Gasteiger partial charge >= 0.3 is 0 Å². The van der Waals surface area contributed by atoms with Crippen LogP contribution in [0.25, 0.3) is 0 Å². The van der Waals surface area contributed by atoms with E-state index in [1.165, 1.54) is 6.92 Å². The van der Waals surface area contributed by atoms with Crippen molar-refractivity contribution >= 4 is 17.7 Å². The molecule has 4 aliphatic rings. The van der Waals surface area contributed by atoms with E-state index in [1.807, 2.05) is 6.07 Å². The van der Waals surface area contributed by atoms with Crippen molar-refractivity contribution in [3.05, 3.63) is 35.9 Å². The van der Waals surface area contributed by atoms with Gasteiger partial charge in [-0.1, -0.05) is 30.3 Å². The fraction of sp³-hybridized carbons (Fsp3) is 0.583. The van der Waals surface area contributed by atoms with Gasteiger partial charge in [-0.05, 0) is 38.2 Å². The normalized spacial score (nSPS) is 30.1. The molecule has 0 spiro atoms. The minimum atomic E-state index is -3.16. The lowest BCUT2D eigenvalue weighted by atomic mass is 9.70. The molecule has 3 aliphatic heterocycles. The van der Waals surface area contributed by atoms with Gasteiger partial charge < -0.3 is 20.6 Å². The summed E-state index contributed by atoms with van der Waals surface area (Å²) in [6.07, 6.45) is 0.340. The molecule has 0 radical (unpaired) electrons. The molecule has 0 unspecified atom stereocenters. The summed E-state index contributed by atoms with van der Waals surface area (Å²) in [5.41, 5.74) is -1.74. The van der Waals surface area contributed by atoms with Crippen LogP contribution in [-0.2, 0) is 20.0 Å². The third-order valence-corrected chi connectivity index (χ3v) is 7.35. The molecular weight excluding hydrogens is 446 g/mol.